The van der Waals surface area contributed by atoms with Crippen molar-refractivity contribution in [1.82, 2.24) is 0 Å². The molecule has 0 aliphatic heterocycles. The van der Waals surface area contributed by atoms with Gasteiger partial charge in [0.1, 0.15) is 17.4 Å². The van der Waals surface area contributed by atoms with Gasteiger partial charge in [0.05, 0.1) is 10.7 Å². The molecule has 3 aromatic rings. The molecule has 1 amide bonds. The van der Waals surface area contributed by atoms with Crippen LogP contribution in [-0.4, -0.2) is 18.0 Å². The van der Waals surface area contributed by atoms with Crippen LogP contribution in [0.15, 0.2) is 59.0 Å². The predicted octanol–water partition coefficient (Wildman–Crippen LogP) is 5.06. The maximum absolute atomic E-state index is 13.6. The van der Waals surface area contributed by atoms with Crippen molar-refractivity contribution in [3.8, 4) is 11.3 Å². The highest BCUT2D eigenvalue weighted by Crippen LogP contribution is 2.29. The molecule has 144 valence electrons. The molecule has 1 N–H and O–H groups in total. The Bertz CT molecular complexity index is 1030. The van der Waals surface area contributed by atoms with E-state index in [1.54, 1.807) is 30.3 Å². The molecule has 0 aliphatic carbocycles. The highest BCUT2D eigenvalue weighted by atomic mass is 35.5. The minimum Gasteiger partial charge on any atom is -0.449 e. The fourth-order valence-corrected chi connectivity index (χ4v) is 2.58. The number of nitrogens with one attached hydrogen (secondary N) is 1. The van der Waals surface area contributed by atoms with Crippen molar-refractivity contribution in [3.05, 3.63) is 77.0 Å². The maximum atomic E-state index is 13.6. The van der Waals surface area contributed by atoms with E-state index in [1.165, 1.54) is 13.0 Å². The van der Waals surface area contributed by atoms with Gasteiger partial charge in [-0.3, -0.25) is 4.79 Å². The molecule has 1 aromatic heterocycles. The Morgan fingerprint density at radius 1 is 1.11 bits per heavy atom. The van der Waals surface area contributed by atoms with Crippen LogP contribution in [0.3, 0.4) is 0 Å². The second kappa shape index (κ2) is 8.22. The average molecular weight is 406 g/mol. The van der Waals surface area contributed by atoms with Gasteiger partial charge in [0, 0.05) is 11.6 Å². The molecule has 5 nitrogen and oxygen atoms in total. The van der Waals surface area contributed by atoms with E-state index in [9.17, 15) is 18.4 Å². The number of halogens is 3. The molecule has 0 radical (unpaired) electrons. The summed E-state index contributed by atoms with van der Waals surface area (Å²) in [5.74, 6) is -3.13. The third-order valence-electron chi connectivity index (χ3n) is 3.79. The molecule has 2 aromatic carbocycles. The Morgan fingerprint density at radius 2 is 1.86 bits per heavy atom. The molecule has 1 heterocycles. The lowest BCUT2D eigenvalue weighted by atomic mass is 10.2. The lowest BCUT2D eigenvalue weighted by molar-refractivity contribution is -0.123. The van der Waals surface area contributed by atoms with Crippen LogP contribution in [0.25, 0.3) is 11.3 Å². The number of carbonyl (C=O) groups is 2. The van der Waals surface area contributed by atoms with Gasteiger partial charge in [0.2, 0.25) is 5.76 Å². The number of hydrogen-bond acceptors (Lipinski definition) is 4. The first-order chi connectivity index (χ1) is 13.3. The minimum absolute atomic E-state index is 0.123. The van der Waals surface area contributed by atoms with Gasteiger partial charge in [0.15, 0.2) is 6.10 Å². The summed E-state index contributed by atoms with van der Waals surface area (Å²) in [5.41, 5.74) is 0.370. The van der Waals surface area contributed by atoms with Crippen LogP contribution in [0.1, 0.15) is 17.5 Å². The number of carbonyl (C=O) groups excluding carboxylic acids is 2. The van der Waals surface area contributed by atoms with Crippen LogP contribution in [0.2, 0.25) is 5.02 Å². The summed E-state index contributed by atoms with van der Waals surface area (Å²) < 4.78 is 37.0. The number of furan rings is 1. The van der Waals surface area contributed by atoms with Crippen LogP contribution in [-0.2, 0) is 9.53 Å². The van der Waals surface area contributed by atoms with Crippen molar-refractivity contribution in [1.29, 1.82) is 0 Å². The van der Waals surface area contributed by atoms with Gasteiger partial charge in [0.25, 0.3) is 5.91 Å². The fraction of sp³-hybridized carbons (Fsp3) is 0.100. The Balaban J connectivity index is 1.66. The summed E-state index contributed by atoms with van der Waals surface area (Å²) >= 11 is 6.09. The SMILES string of the molecule is C[C@@H](OC(=O)c1ccc(-c2ccccc2Cl)o1)C(=O)Nc1ccc(F)cc1F. The number of anilines is 1. The van der Waals surface area contributed by atoms with Gasteiger partial charge in [-0.2, -0.15) is 0 Å². The van der Waals surface area contributed by atoms with E-state index in [4.69, 9.17) is 20.8 Å². The van der Waals surface area contributed by atoms with Crippen LogP contribution >= 0.6 is 11.6 Å². The monoisotopic (exact) mass is 405 g/mol. The molecule has 3 rings (SSSR count). The number of esters is 1. The van der Waals surface area contributed by atoms with Crippen molar-refractivity contribution in [2.45, 2.75) is 13.0 Å². The lowest BCUT2D eigenvalue weighted by Crippen LogP contribution is -2.30. The molecule has 0 spiro atoms. The quantitative estimate of drug-likeness (QED) is 0.602. The largest absolute Gasteiger partial charge is 0.449 e. The third-order valence-corrected chi connectivity index (χ3v) is 4.12. The van der Waals surface area contributed by atoms with Crippen LogP contribution in [0.4, 0.5) is 14.5 Å². The second-order valence-electron chi connectivity index (χ2n) is 5.80. The first-order valence-corrected chi connectivity index (χ1v) is 8.54. The van der Waals surface area contributed by atoms with Gasteiger partial charge in [-0.05, 0) is 43.3 Å². The molecule has 0 bridgehead atoms. The second-order valence-corrected chi connectivity index (χ2v) is 6.21. The van der Waals surface area contributed by atoms with Crippen molar-refractivity contribution < 1.29 is 27.5 Å². The summed E-state index contributed by atoms with van der Waals surface area (Å²) in [6.07, 6.45) is -1.24. The standard InChI is InChI=1S/C20H14ClF2NO4/c1-11(19(25)24-16-7-6-12(22)10-15(16)23)27-20(26)18-9-8-17(28-18)13-4-2-3-5-14(13)21/h2-11H,1H3,(H,24,25)/t11-/m1/s1. The molecule has 1 atom stereocenters. The molecular weight excluding hydrogens is 392 g/mol. The normalized spacial score (nSPS) is 11.7. The zero-order valence-corrected chi connectivity index (χ0v) is 15.3. The Kier molecular flexibility index (Phi) is 5.75. The number of hydrogen-bond donors (Lipinski definition) is 1. The maximum Gasteiger partial charge on any atom is 0.375 e. The van der Waals surface area contributed by atoms with E-state index in [0.717, 1.165) is 12.1 Å². The summed E-state index contributed by atoms with van der Waals surface area (Å²) in [4.78, 5) is 24.3. The third kappa shape index (κ3) is 4.37. The summed E-state index contributed by atoms with van der Waals surface area (Å²) in [7, 11) is 0. The minimum atomic E-state index is -1.24. The van der Waals surface area contributed by atoms with Gasteiger partial charge in [-0.15, -0.1) is 0 Å². The summed E-state index contributed by atoms with van der Waals surface area (Å²) in [6.45, 7) is 1.31. The average Bonchev–Trinajstić information content (AvgIpc) is 3.14. The van der Waals surface area contributed by atoms with E-state index < -0.39 is 29.6 Å². The molecule has 8 heteroatoms. The van der Waals surface area contributed by atoms with Crippen molar-refractivity contribution >= 4 is 29.2 Å². The predicted molar refractivity (Wildman–Crippen MR) is 99.0 cm³/mol. The highest BCUT2D eigenvalue weighted by molar-refractivity contribution is 6.33. The highest BCUT2D eigenvalue weighted by Gasteiger charge is 2.22. The van der Waals surface area contributed by atoms with E-state index >= 15 is 0 Å². The lowest BCUT2D eigenvalue weighted by Gasteiger charge is -2.13. The Hall–Kier alpha value is -3.19. The van der Waals surface area contributed by atoms with E-state index in [0.29, 0.717) is 22.4 Å². The van der Waals surface area contributed by atoms with Crippen LogP contribution in [0.5, 0.6) is 0 Å². The van der Waals surface area contributed by atoms with Crippen molar-refractivity contribution in [2.75, 3.05) is 5.32 Å². The van der Waals surface area contributed by atoms with Gasteiger partial charge in [-0.25, -0.2) is 13.6 Å². The molecule has 0 saturated carbocycles. The number of rotatable bonds is 5. The van der Waals surface area contributed by atoms with Gasteiger partial charge in [-0.1, -0.05) is 23.7 Å². The first kappa shape index (κ1) is 19.6. The van der Waals surface area contributed by atoms with E-state index in [1.807, 2.05) is 0 Å². The first-order valence-electron chi connectivity index (χ1n) is 8.17. The summed E-state index contributed by atoms with van der Waals surface area (Å²) in [5, 5.41) is 2.68. The van der Waals surface area contributed by atoms with Crippen LogP contribution < -0.4 is 5.32 Å². The Morgan fingerprint density at radius 3 is 2.57 bits per heavy atom. The molecule has 0 unspecified atom stereocenters. The molecule has 28 heavy (non-hydrogen) atoms. The molecule has 0 fully saturated rings. The fourth-order valence-electron chi connectivity index (χ4n) is 2.35. The van der Waals surface area contributed by atoms with Crippen molar-refractivity contribution in [3.63, 3.8) is 0 Å². The topological polar surface area (TPSA) is 68.5 Å². The molecule has 0 aliphatic rings. The van der Waals surface area contributed by atoms with E-state index in [-0.39, 0.29) is 11.4 Å². The van der Waals surface area contributed by atoms with Gasteiger partial charge >= 0.3 is 5.97 Å². The zero-order chi connectivity index (χ0) is 20.3. The van der Waals surface area contributed by atoms with Gasteiger partial charge < -0.3 is 14.5 Å². The smallest absolute Gasteiger partial charge is 0.375 e. The van der Waals surface area contributed by atoms with Crippen LogP contribution in [0, 0.1) is 11.6 Å². The van der Waals surface area contributed by atoms with Crippen molar-refractivity contribution in [2.24, 2.45) is 0 Å². The van der Waals surface area contributed by atoms with E-state index in [2.05, 4.69) is 5.32 Å². The number of benzene rings is 2. The summed E-state index contributed by atoms with van der Waals surface area (Å²) in [6, 6.07) is 12.6. The number of ether oxygens (including phenoxy) is 1. The molecular formula is C20H14ClF2NO4. The Labute approximate surface area is 163 Å². The zero-order valence-electron chi connectivity index (χ0n) is 14.5. The number of amides is 1. The molecule has 0 saturated heterocycles.